The van der Waals surface area contributed by atoms with Crippen molar-refractivity contribution in [2.45, 2.75) is 25.3 Å². The van der Waals surface area contributed by atoms with E-state index in [1.165, 1.54) is 0 Å². The number of aryl methyl sites for hydroxylation is 1. The lowest BCUT2D eigenvalue weighted by atomic mass is 9.94. The van der Waals surface area contributed by atoms with E-state index in [0.717, 1.165) is 16.8 Å². The number of carbonyl (C=O) groups excluding carboxylic acids is 1. The second kappa shape index (κ2) is 4.78. The lowest BCUT2D eigenvalue weighted by molar-refractivity contribution is -0.138. The summed E-state index contributed by atoms with van der Waals surface area (Å²) in [5.41, 5.74) is 8.28. The molecule has 1 amide bonds. The third kappa shape index (κ3) is 2.22. The minimum absolute atomic E-state index is 0.0545. The van der Waals surface area contributed by atoms with Crippen LogP contribution in [0.5, 0.6) is 0 Å². The van der Waals surface area contributed by atoms with Gasteiger partial charge >= 0.3 is 5.97 Å². The van der Waals surface area contributed by atoms with Crippen LogP contribution in [0.3, 0.4) is 0 Å². The van der Waals surface area contributed by atoms with Crippen LogP contribution >= 0.6 is 0 Å². The molecule has 1 aromatic rings. The zero-order valence-electron chi connectivity index (χ0n) is 10.2. The van der Waals surface area contributed by atoms with Crippen molar-refractivity contribution in [2.75, 3.05) is 11.9 Å². The molecule has 0 fully saturated rings. The van der Waals surface area contributed by atoms with E-state index in [4.69, 9.17) is 10.8 Å². The van der Waals surface area contributed by atoms with Gasteiger partial charge in [-0.1, -0.05) is 18.2 Å². The molecule has 96 valence electrons. The maximum absolute atomic E-state index is 11.7. The standard InChI is InChI=1S/C13H16N2O3/c1-15-11(16)6-5-8-3-2-4-9(12(8)15)7-10(14)13(17)18/h2-4,10H,5-7,14H2,1H3,(H,17,18). The topological polar surface area (TPSA) is 83.6 Å². The SMILES string of the molecule is CN1C(=O)CCc2cccc(CC(N)C(=O)O)c21. The van der Waals surface area contributed by atoms with Crippen molar-refractivity contribution in [3.63, 3.8) is 0 Å². The monoisotopic (exact) mass is 248 g/mol. The van der Waals surface area contributed by atoms with Gasteiger partial charge in [0, 0.05) is 25.6 Å². The molecule has 0 radical (unpaired) electrons. The van der Waals surface area contributed by atoms with Crippen LogP contribution in [0.1, 0.15) is 17.5 Å². The van der Waals surface area contributed by atoms with Gasteiger partial charge in [0.25, 0.3) is 0 Å². The summed E-state index contributed by atoms with van der Waals surface area (Å²) in [6.45, 7) is 0. The van der Waals surface area contributed by atoms with Crippen molar-refractivity contribution < 1.29 is 14.7 Å². The quantitative estimate of drug-likeness (QED) is 0.818. The van der Waals surface area contributed by atoms with Gasteiger partial charge in [-0.25, -0.2) is 0 Å². The van der Waals surface area contributed by atoms with E-state index < -0.39 is 12.0 Å². The molecule has 1 aliphatic heterocycles. The van der Waals surface area contributed by atoms with Crippen LogP contribution < -0.4 is 10.6 Å². The fourth-order valence-corrected chi connectivity index (χ4v) is 2.30. The zero-order chi connectivity index (χ0) is 13.3. The van der Waals surface area contributed by atoms with Crippen LogP contribution in [0.2, 0.25) is 0 Å². The van der Waals surface area contributed by atoms with Crippen LogP contribution in [0.4, 0.5) is 5.69 Å². The molecule has 18 heavy (non-hydrogen) atoms. The van der Waals surface area contributed by atoms with E-state index in [1.54, 1.807) is 11.9 Å². The number of rotatable bonds is 3. The van der Waals surface area contributed by atoms with E-state index in [0.29, 0.717) is 12.8 Å². The van der Waals surface area contributed by atoms with Gasteiger partial charge in [0.05, 0.1) is 0 Å². The third-order valence-electron chi connectivity index (χ3n) is 3.28. The Kier molecular flexibility index (Phi) is 3.34. The molecule has 1 heterocycles. The van der Waals surface area contributed by atoms with Gasteiger partial charge in [0.2, 0.25) is 5.91 Å². The second-order valence-electron chi connectivity index (χ2n) is 4.53. The Morgan fingerprint density at radius 3 is 2.89 bits per heavy atom. The largest absolute Gasteiger partial charge is 0.480 e. The van der Waals surface area contributed by atoms with E-state index in [1.807, 2.05) is 18.2 Å². The number of nitrogens with two attached hydrogens (primary N) is 1. The molecule has 5 heteroatoms. The van der Waals surface area contributed by atoms with E-state index >= 15 is 0 Å². The first-order valence-corrected chi connectivity index (χ1v) is 5.86. The first kappa shape index (κ1) is 12.6. The number of hydrogen-bond donors (Lipinski definition) is 2. The fourth-order valence-electron chi connectivity index (χ4n) is 2.30. The van der Waals surface area contributed by atoms with Crippen molar-refractivity contribution in [2.24, 2.45) is 5.73 Å². The highest BCUT2D eigenvalue weighted by Crippen LogP contribution is 2.31. The minimum Gasteiger partial charge on any atom is -0.480 e. The number of carbonyl (C=O) groups is 2. The summed E-state index contributed by atoms with van der Waals surface area (Å²) in [7, 11) is 1.72. The van der Waals surface area contributed by atoms with Crippen molar-refractivity contribution in [3.05, 3.63) is 29.3 Å². The number of aliphatic carboxylic acids is 1. The highest BCUT2D eigenvalue weighted by Gasteiger charge is 2.24. The summed E-state index contributed by atoms with van der Waals surface area (Å²) in [6.07, 6.45) is 1.43. The molecule has 0 saturated heterocycles. The van der Waals surface area contributed by atoms with Crippen LogP contribution in [0.25, 0.3) is 0 Å². The van der Waals surface area contributed by atoms with Crippen molar-refractivity contribution >= 4 is 17.6 Å². The number of fused-ring (bicyclic) bond motifs is 1. The number of hydrogen-bond acceptors (Lipinski definition) is 3. The maximum atomic E-state index is 11.7. The molecule has 1 aromatic carbocycles. The van der Waals surface area contributed by atoms with Crippen LogP contribution in [0.15, 0.2) is 18.2 Å². The number of nitrogens with zero attached hydrogens (tertiary/aromatic N) is 1. The number of para-hydroxylation sites is 1. The van der Waals surface area contributed by atoms with Crippen molar-refractivity contribution in [3.8, 4) is 0 Å². The van der Waals surface area contributed by atoms with Gasteiger partial charge in [-0.05, 0) is 17.5 Å². The molecule has 5 nitrogen and oxygen atoms in total. The molecule has 2 rings (SSSR count). The smallest absolute Gasteiger partial charge is 0.320 e. The molecule has 0 spiro atoms. The average Bonchev–Trinajstić information content (AvgIpc) is 2.34. The molecular weight excluding hydrogens is 232 g/mol. The molecular formula is C13H16N2O3. The maximum Gasteiger partial charge on any atom is 0.320 e. The molecule has 0 aromatic heterocycles. The molecule has 1 unspecified atom stereocenters. The van der Waals surface area contributed by atoms with Crippen molar-refractivity contribution in [1.29, 1.82) is 0 Å². The van der Waals surface area contributed by atoms with E-state index in [2.05, 4.69) is 0 Å². The Morgan fingerprint density at radius 2 is 2.22 bits per heavy atom. The lowest BCUT2D eigenvalue weighted by Gasteiger charge is -2.28. The summed E-state index contributed by atoms with van der Waals surface area (Å²) in [6, 6.07) is 4.74. The third-order valence-corrected chi connectivity index (χ3v) is 3.28. The summed E-state index contributed by atoms with van der Waals surface area (Å²) in [5.74, 6) is -0.976. The summed E-state index contributed by atoms with van der Waals surface area (Å²) in [4.78, 5) is 24.1. The van der Waals surface area contributed by atoms with Crippen LogP contribution in [-0.4, -0.2) is 30.1 Å². The molecule has 0 bridgehead atoms. The normalized spacial score (nSPS) is 16.3. The van der Waals surface area contributed by atoms with Gasteiger partial charge in [-0.3, -0.25) is 9.59 Å². The number of anilines is 1. The first-order chi connectivity index (χ1) is 8.50. The molecule has 1 atom stereocenters. The highest BCUT2D eigenvalue weighted by atomic mass is 16.4. The minimum atomic E-state index is -1.03. The summed E-state index contributed by atoms with van der Waals surface area (Å²) in [5, 5.41) is 8.86. The molecule has 0 saturated carbocycles. The van der Waals surface area contributed by atoms with Gasteiger partial charge in [0.15, 0.2) is 0 Å². The number of amides is 1. The van der Waals surface area contributed by atoms with Crippen LogP contribution in [-0.2, 0) is 22.4 Å². The van der Waals surface area contributed by atoms with E-state index in [9.17, 15) is 9.59 Å². The lowest BCUT2D eigenvalue weighted by Crippen LogP contribution is -2.35. The Bertz CT molecular complexity index is 499. The number of carboxylic acids is 1. The Labute approximate surface area is 105 Å². The molecule has 3 N–H and O–H groups in total. The predicted molar refractivity (Wildman–Crippen MR) is 67.5 cm³/mol. The second-order valence-corrected chi connectivity index (χ2v) is 4.53. The van der Waals surface area contributed by atoms with Gasteiger partial charge in [-0.15, -0.1) is 0 Å². The van der Waals surface area contributed by atoms with Gasteiger partial charge in [-0.2, -0.15) is 0 Å². The summed E-state index contributed by atoms with van der Waals surface area (Å²) >= 11 is 0. The zero-order valence-corrected chi connectivity index (χ0v) is 10.2. The summed E-state index contributed by atoms with van der Waals surface area (Å²) < 4.78 is 0. The van der Waals surface area contributed by atoms with Crippen molar-refractivity contribution in [1.82, 2.24) is 0 Å². The molecule has 0 aliphatic carbocycles. The fraction of sp³-hybridized carbons (Fsp3) is 0.385. The first-order valence-electron chi connectivity index (χ1n) is 5.86. The van der Waals surface area contributed by atoms with Gasteiger partial charge < -0.3 is 15.7 Å². The van der Waals surface area contributed by atoms with Gasteiger partial charge in [0.1, 0.15) is 6.04 Å². The van der Waals surface area contributed by atoms with E-state index in [-0.39, 0.29) is 12.3 Å². The average molecular weight is 248 g/mol. The highest BCUT2D eigenvalue weighted by molar-refractivity contribution is 5.96. The molecule has 1 aliphatic rings. The Balaban J connectivity index is 2.37. The number of carboxylic acid groups (broad SMARTS) is 1. The Morgan fingerprint density at radius 1 is 1.50 bits per heavy atom. The number of benzene rings is 1. The van der Waals surface area contributed by atoms with Crippen LogP contribution in [0, 0.1) is 0 Å². The Hall–Kier alpha value is -1.88. The predicted octanol–water partition coefficient (Wildman–Crippen LogP) is 0.550.